The Balaban J connectivity index is 0.00000312. The maximum Gasteiger partial charge on any atom is 0.211 e. The van der Waals surface area contributed by atoms with Crippen molar-refractivity contribution >= 4 is 36.8 Å². The van der Waals surface area contributed by atoms with Crippen molar-refractivity contribution in [3.63, 3.8) is 0 Å². The average molecular weight is 359 g/mol. The van der Waals surface area contributed by atoms with E-state index in [1.54, 1.807) is 12.4 Å². The zero-order valence-corrected chi connectivity index (χ0v) is 14.1. The Morgan fingerprint density at radius 3 is 1.20 bits per heavy atom. The van der Waals surface area contributed by atoms with Crippen LogP contribution in [-0.4, -0.2) is 24.3 Å². The lowest BCUT2D eigenvalue weighted by Crippen LogP contribution is -2.21. The topological polar surface area (TPSA) is 154 Å². The third-order valence-electron chi connectivity index (χ3n) is 2.91. The maximum atomic E-state index is 5.20. The van der Waals surface area contributed by atoms with Crippen LogP contribution >= 0.6 is 12.4 Å². The van der Waals surface area contributed by atoms with Crippen LogP contribution in [0.2, 0.25) is 0 Å². The van der Waals surface area contributed by atoms with E-state index in [0.717, 1.165) is 22.3 Å². The highest BCUT2D eigenvalue weighted by Crippen LogP contribution is 2.19. The van der Waals surface area contributed by atoms with Gasteiger partial charge in [-0.2, -0.15) is 10.2 Å². The molecular weight excluding hydrogens is 340 g/mol. The molecule has 25 heavy (non-hydrogen) atoms. The molecule has 0 spiro atoms. The summed E-state index contributed by atoms with van der Waals surface area (Å²) in [4.78, 5) is 0. The molecule has 0 aliphatic heterocycles. The average Bonchev–Trinajstić information content (AvgIpc) is 2.56. The van der Waals surface area contributed by atoms with Crippen molar-refractivity contribution in [2.24, 2.45) is 43.3 Å². The van der Waals surface area contributed by atoms with E-state index in [-0.39, 0.29) is 24.3 Å². The van der Waals surface area contributed by atoms with Crippen LogP contribution in [0.25, 0.3) is 11.1 Å². The molecule has 0 radical (unpaired) electrons. The van der Waals surface area contributed by atoms with Crippen LogP contribution in [0.5, 0.6) is 0 Å². The standard InChI is InChI=1S/C16H18N8.ClH/c17-15(18)23-21-9-11-1-5-13(6-2-11)14-7-3-12(4-8-14)10-22-24-16(19)20;/h1-10H,(H4,17,18,23)(H4,19,20,24);1H/b21-9+,22-10+;. The molecule has 0 aliphatic carbocycles. The molecule has 0 amide bonds. The molecule has 2 aromatic rings. The van der Waals surface area contributed by atoms with Gasteiger partial charge in [-0.25, -0.2) is 0 Å². The molecule has 2 aromatic carbocycles. The van der Waals surface area contributed by atoms with Crippen LogP contribution < -0.4 is 22.9 Å². The number of guanidine groups is 2. The number of hydrogen-bond donors (Lipinski definition) is 4. The van der Waals surface area contributed by atoms with Gasteiger partial charge in [0, 0.05) is 0 Å². The molecule has 0 aliphatic rings. The van der Waals surface area contributed by atoms with Gasteiger partial charge in [0.25, 0.3) is 0 Å². The van der Waals surface area contributed by atoms with Crippen LogP contribution in [0.3, 0.4) is 0 Å². The third-order valence-corrected chi connectivity index (χ3v) is 2.91. The summed E-state index contributed by atoms with van der Waals surface area (Å²) < 4.78 is 0. The fourth-order valence-electron chi connectivity index (χ4n) is 1.85. The summed E-state index contributed by atoms with van der Waals surface area (Å²) in [5.74, 6) is -0.155. The fraction of sp³-hybridized carbons (Fsp3) is 0. The summed E-state index contributed by atoms with van der Waals surface area (Å²) in [7, 11) is 0. The molecule has 0 heterocycles. The molecule has 0 bridgehead atoms. The molecule has 2 rings (SSSR count). The lowest BCUT2D eigenvalue weighted by molar-refractivity contribution is 1.21. The molecular formula is C16H19ClN8. The van der Waals surface area contributed by atoms with Gasteiger partial charge in [-0.15, -0.1) is 22.6 Å². The Morgan fingerprint density at radius 2 is 0.920 bits per heavy atom. The predicted octanol–water partition coefficient (Wildman–Crippen LogP) is 0.990. The number of nitrogens with zero attached hydrogens (tertiary/aromatic N) is 4. The number of nitrogens with two attached hydrogens (primary N) is 4. The van der Waals surface area contributed by atoms with E-state index in [1.807, 2.05) is 48.5 Å². The smallest absolute Gasteiger partial charge is 0.211 e. The molecule has 0 unspecified atom stereocenters. The van der Waals surface area contributed by atoms with Gasteiger partial charge < -0.3 is 22.9 Å². The van der Waals surface area contributed by atoms with Crippen molar-refractivity contribution in [3.05, 3.63) is 59.7 Å². The molecule has 8 N–H and O–H groups in total. The van der Waals surface area contributed by atoms with Crippen LogP contribution in [0.15, 0.2) is 68.9 Å². The predicted molar refractivity (Wildman–Crippen MR) is 106 cm³/mol. The van der Waals surface area contributed by atoms with E-state index in [9.17, 15) is 0 Å². The number of benzene rings is 2. The summed E-state index contributed by atoms with van der Waals surface area (Å²) in [5.41, 5.74) is 24.7. The summed E-state index contributed by atoms with van der Waals surface area (Å²) in [6.07, 6.45) is 3.15. The third kappa shape index (κ3) is 6.71. The lowest BCUT2D eigenvalue weighted by atomic mass is 10.0. The van der Waals surface area contributed by atoms with Crippen molar-refractivity contribution in [1.82, 2.24) is 0 Å². The number of halogens is 1. The quantitative estimate of drug-likeness (QED) is 0.357. The maximum absolute atomic E-state index is 5.20. The second-order valence-electron chi connectivity index (χ2n) is 4.78. The highest BCUT2D eigenvalue weighted by Gasteiger charge is 1.98. The molecule has 0 saturated heterocycles. The first kappa shape index (κ1) is 19.7. The minimum absolute atomic E-state index is 0. The molecule has 0 fully saturated rings. The lowest BCUT2D eigenvalue weighted by Gasteiger charge is -2.02. The number of hydrogen-bond acceptors (Lipinski definition) is 4. The molecule has 0 aromatic heterocycles. The Kier molecular flexibility index (Phi) is 7.61. The highest BCUT2D eigenvalue weighted by atomic mass is 35.5. The molecule has 9 heteroatoms. The monoisotopic (exact) mass is 358 g/mol. The zero-order chi connectivity index (χ0) is 17.4. The first-order valence-electron chi connectivity index (χ1n) is 6.99. The van der Waals surface area contributed by atoms with Gasteiger partial charge in [0.2, 0.25) is 11.9 Å². The van der Waals surface area contributed by atoms with Gasteiger partial charge in [0.1, 0.15) is 0 Å². The summed E-state index contributed by atoms with van der Waals surface area (Å²) in [6.45, 7) is 0. The highest BCUT2D eigenvalue weighted by molar-refractivity contribution is 5.85. The van der Waals surface area contributed by atoms with E-state index in [2.05, 4.69) is 20.4 Å². The molecule has 0 saturated carbocycles. The second-order valence-corrected chi connectivity index (χ2v) is 4.78. The van der Waals surface area contributed by atoms with Crippen molar-refractivity contribution in [2.75, 3.05) is 0 Å². The molecule has 8 nitrogen and oxygen atoms in total. The van der Waals surface area contributed by atoms with E-state index in [1.165, 1.54) is 0 Å². The van der Waals surface area contributed by atoms with Crippen molar-refractivity contribution in [2.45, 2.75) is 0 Å². The van der Waals surface area contributed by atoms with Gasteiger partial charge in [-0.1, -0.05) is 48.5 Å². The van der Waals surface area contributed by atoms with E-state index in [4.69, 9.17) is 22.9 Å². The van der Waals surface area contributed by atoms with Crippen molar-refractivity contribution in [3.8, 4) is 11.1 Å². The van der Waals surface area contributed by atoms with Gasteiger partial charge in [0.15, 0.2) is 0 Å². The first-order chi connectivity index (χ1) is 11.5. The summed E-state index contributed by atoms with van der Waals surface area (Å²) >= 11 is 0. The van der Waals surface area contributed by atoms with Gasteiger partial charge in [-0.3, -0.25) is 0 Å². The van der Waals surface area contributed by atoms with Gasteiger partial charge >= 0.3 is 0 Å². The van der Waals surface area contributed by atoms with Gasteiger partial charge in [-0.05, 0) is 22.3 Å². The SMILES string of the molecule is Cl.NC(N)=N/N=C/c1ccc(-c2ccc(/C=N/N=C(N)N)cc2)cc1. The Morgan fingerprint density at radius 1 is 0.600 bits per heavy atom. The minimum atomic E-state index is -0.0775. The van der Waals surface area contributed by atoms with Gasteiger partial charge in [0.05, 0.1) is 12.4 Å². The summed E-state index contributed by atoms with van der Waals surface area (Å²) in [5, 5.41) is 14.6. The van der Waals surface area contributed by atoms with Crippen molar-refractivity contribution < 1.29 is 0 Å². The largest absolute Gasteiger partial charge is 0.369 e. The van der Waals surface area contributed by atoms with E-state index >= 15 is 0 Å². The Labute approximate surface area is 151 Å². The Hall–Kier alpha value is -3.39. The van der Waals surface area contributed by atoms with E-state index in [0.29, 0.717) is 0 Å². The minimum Gasteiger partial charge on any atom is -0.369 e. The molecule has 130 valence electrons. The first-order valence-corrected chi connectivity index (χ1v) is 6.99. The molecule has 0 atom stereocenters. The van der Waals surface area contributed by atoms with Crippen LogP contribution in [0.4, 0.5) is 0 Å². The van der Waals surface area contributed by atoms with Crippen LogP contribution in [0, 0.1) is 0 Å². The second kappa shape index (κ2) is 9.68. The Bertz CT molecular complexity index is 714. The van der Waals surface area contributed by atoms with Crippen molar-refractivity contribution in [1.29, 1.82) is 0 Å². The van der Waals surface area contributed by atoms with Crippen LogP contribution in [0.1, 0.15) is 11.1 Å². The van der Waals surface area contributed by atoms with E-state index < -0.39 is 0 Å². The number of rotatable bonds is 5. The summed E-state index contributed by atoms with van der Waals surface area (Å²) in [6, 6.07) is 15.6. The normalized spacial score (nSPS) is 10.4. The zero-order valence-electron chi connectivity index (χ0n) is 13.3. The van der Waals surface area contributed by atoms with Crippen LogP contribution in [-0.2, 0) is 0 Å². The fourth-order valence-corrected chi connectivity index (χ4v) is 1.85.